The van der Waals surface area contributed by atoms with Crippen molar-refractivity contribution in [1.29, 1.82) is 0 Å². The zero-order valence-electron chi connectivity index (χ0n) is 15.0. The first kappa shape index (κ1) is 19.7. The lowest BCUT2D eigenvalue weighted by Crippen LogP contribution is -2.44. The number of amides is 1. The van der Waals surface area contributed by atoms with E-state index in [1.54, 1.807) is 24.3 Å². The number of ether oxygens (including phenoxy) is 1. The van der Waals surface area contributed by atoms with Crippen molar-refractivity contribution in [3.05, 3.63) is 24.3 Å². The van der Waals surface area contributed by atoms with Crippen LogP contribution in [0, 0.1) is 0 Å². The molecule has 1 aromatic carbocycles. The number of rotatable bonds is 7. The van der Waals surface area contributed by atoms with Gasteiger partial charge in [0.15, 0.2) is 0 Å². The van der Waals surface area contributed by atoms with Gasteiger partial charge in [-0.15, -0.1) is 0 Å². The monoisotopic (exact) mass is 368 g/mol. The van der Waals surface area contributed by atoms with E-state index in [-0.39, 0.29) is 18.5 Å². The zero-order valence-corrected chi connectivity index (χ0v) is 15.8. The molecule has 0 spiro atoms. The number of sulfonamides is 1. The Morgan fingerprint density at radius 2 is 1.76 bits per heavy atom. The summed E-state index contributed by atoms with van der Waals surface area (Å²) in [5, 5.41) is 2.77. The maximum absolute atomic E-state index is 12.4. The third kappa shape index (κ3) is 6.32. The molecule has 1 fully saturated rings. The number of anilines is 1. The zero-order chi connectivity index (χ0) is 18.3. The van der Waals surface area contributed by atoms with Crippen LogP contribution in [0.4, 0.5) is 5.69 Å². The number of hydrogen-bond acceptors (Lipinski definition) is 4. The predicted octanol–water partition coefficient (Wildman–Crippen LogP) is 3.01. The number of benzene rings is 1. The SMILES string of the molecule is CCOc1ccc(NC(=O)CN(C2CCCCCC2)S(C)(=O)=O)cc1. The van der Waals surface area contributed by atoms with Crippen molar-refractivity contribution in [1.82, 2.24) is 4.31 Å². The Kier molecular flexibility index (Phi) is 7.25. The van der Waals surface area contributed by atoms with Gasteiger partial charge < -0.3 is 10.1 Å². The van der Waals surface area contributed by atoms with Crippen LogP contribution in [0.25, 0.3) is 0 Å². The Balaban J connectivity index is 2.01. The van der Waals surface area contributed by atoms with E-state index < -0.39 is 10.0 Å². The van der Waals surface area contributed by atoms with Crippen molar-refractivity contribution in [3.63, 3.8) is 0 Å². The molecule has 0 radical (unpaired) electrons. The van der Waals surface area contributed by atoms with Gasteiger partial charge in [-0.2, -0.15) is 4.31 Å². The molecule has 1 aliphatic carbocycles. The Bertz CT molecular complexity index is 650. The van der Waals surface area contributed by atoms with E-state index in [0.717, 1.165) is 44.3 Å². The lowest BCUT2D eigenvalue weighted by molar-refractivity contribution is -0.116. The molecule has 0 bridgehead atoms. The molecular weight excluding hydrogens is 340 g/mol. The second kappa shape index (κ2) is 9.20. The minimum Gasteiger partial charge on any atom is -0.494 e. The van der Waals surface area contributed by atoms with E-state index in [1.807, 2.05) is 6.92 Å². The smallest absolute Gasteiger partial charge is 0.239 e. The van der Waals surface area contributed by atoms with Crippen molar-refractivity contribution in [2.45, 2.75) is 51.5 Å². The number of nitrogens with zero attached hydrogens (tertiary/aromatic N) is 1. The third-order valence-corrected chi connectivity index (χ3v) is 5.69. The second-order valence-corrected chi connectivity index (χ2v) is 8.39. The van der Waals surface area contributed by atoms with Crippen LogP contribution in [-0.2, 0) is 14.8 Å². The van der Waals surface area contributed by atoms with Crippen molar-refractivity contribution in [3.8, 4) is 5.75 Å². The lowest BCUT2D eigenvalue weighted by Gasteiger charge is -2.28. The summed E-state index contributed by atoms with van der Waals surface area (Å²) in [5.41, 5.74) is 0.628. The summed E-state index contributed by atoms with van der Waals surface area (Å²) in [6.45, 7) is 2.34. The molecule has 0 saturated heterocycles. The van der Waals surface area contributed by atoms with Gasteiger partial charge in [0, 0.05) is 11.7 Å². The second-order valence-electron chi connectivity index (χ2n) is 6.46. The van der Waals surface area contributed by atoms with E-state index in [1.165, 1.54) is 10.6 Å². The lowest BCUT2D eigenvalue weighted by atomic mass is 10.1. The van der Waals surface area contributed by atoms with Gasteiger partial charge in [-0.3, -0.25) is 4.79 Å². The molecule has 1 aliphatic rings. The quantitative estimate of drug-likeness (QED) is 0.751. The average molecular weight is 368 g/mol. The summed E-state index contributed by atoms with van der Waals surface area (Å²) >= 11 is 0. The minimum atomic E-state index is -3.43. The molecule has 0 aliphatic heterocycles. The van der Waals surface area contributed by atoms with Crippen LogP contribution < -0.4 is 10.1 Å². The molecule has 1 aromatic rings. The Hall–Kier alpha value is -1.60. The topological polar surface area (TPSA) is 75.7 Å². The summed E-state index contributed by atoms with van der Waals surface area (Å²) in [6, 6.07) is 6.97. The van der Waals surface area contributed by atoms with Crippen LogP contribution in [0.5, 0.6) is 5.75 Å². The van der Waals surface area contributed by atoms with Gasteiger partial charge in [0.25, 0.3) is 0 Å². The Morgan fingerprint density at radius 3 is 2.28 bits per heavy atom. The summed E-state index contributed by atoms with van der Waals surface area (Å²) in [4.78, 5) is 12.4. The standard InChI is InChI=1S/C18H28N2O4S/c1-3-24-17-12-10-15(11-13-17)19-18(21)14-20(25(2,22)23)16-8-6-4-5-7-9-16/h10-13,16H,3-9,14H2,1-2H3,(H,19,21). The molecular formula is C18H28N2O4S. The molecule has 1 amide bonds. The highest BCUT2D eigenvalue weighted by Crippen LogP contribution is 2.24. The van der Waals surface area contributed by atoms with Crippen LogP contribution >= 0.6 is 0 Å². The van der Waals surface area contributed by atoms with Crippen molar-refractivity contribution < 1.29 is 17.9 Å². The molecule has 140 valence electrons. The fourth-order valence-electron chi connectivity index (χ4n) is 3.21. The number of nitrogens with one attached hydrogen (secondary N) is 1. The molecule has 0 unspecified atom stereocenters. The van der Waals surface area contributed by atoms with E-state index >= 15 is 0 Å². The van der Waals surface area contributed by atoms with Gasteiger partial charge in [0.1, 0.15) is 5.75 Å². The number of carbonyl (C=O) groups excluding carboxylic acids is 1. The molecule has 0 heterocycles. The predicted molar refractivity (Wildman–Crippen MR) is 99.3 cm³/mol. The first-order valence-electron chi connectivity index (χ1n) is 8.89. The molecule has 0 atom stereocenters. The Morgan fingerprint density at radius 1 is 1.16 bits per heavy atom. The molecule has 25 heavy (non-hydrogen) atoms. The average Bonchev–Trinajstić information content (AvgIpc) is 2.83. The van der Waals surface area contributed by atoms with Crippen LogP contribution in [0.15, 0.2) is 24.3 Å². The largest absolute Gasteiger partial charge is 0.494 e. The van der Waals surface area contributed by atoms with Crippen molar-refractivity contribution in [2.24, 2.45) is 0 Å². The van der Waals surface area contributed by atoms with Crippen LogP contribution in [-0.4, -0.2) is 44.1 Å². The highest BCUT2D eigenvalue weighted by molar-refractivity contribution is 7.88. The highest BCUT2D eigenvalue weighted by atomic mass is 32.2. The maximum atomic E-state index is 12.4. The minimum absolute atomic E-state index is 0.0800. The maximum Gasteiger partial charge on any atom is 0.239 e. The number of carbonyl (C=O) groups is 1. The van der Waals surface area contributed by atoms with Gasteiger partial charge in [0.05, 0.1) is 19.4 Å². The van der Waals surface area contributed by atoms with Gasteiger partial charge in [0.2, 0.25) is 15.9 Å². The van der Waals surface area contributed by atoms with Crippen LogP contribution in [0.3, 0.4) is 0 Å². The van der Waals surface area contributed by atoms with E-state index in [0.29, 0.717) is 12.3 Å². The normalized spacial score (nSPS) is 16.4. The van der Waals surface area contributed by atoms with Gasteiger partial charge in [-0.25, -0.2) is 8.42 Å². The Labute approximate surface area is 150 Å². The first-order chi connectivity index (χ1) is 11.9. The molecule has 1 saturated carbocycles. The summed E-state index contributed by atoms with van der Waals surface area (Å²) < 4.78 is 31.1. The molecule has 0 aromatic heterocycles. The van der Waals surface area contributed by atoms with Gasteiger partial charge in [-0.1, -0.05) is 25.7 Å². The molecule has 2 rings (SSSR count). The number of hydrogen-bond donors (Lipinski definition) is 1. The fraction of sp³-hybridized carbons (Fsp3) is 0.611. The van der Waals surface area contributed by atoms with Crippen molar-refractivity contribution in [2.75, 3.05) is 24.7 Å². The summed E-state index contributed by atoms with van der Waals surface area (Å²) in [7, 11) is -3.43. The molecule has 7 heteroatoms. The first-order valence-corrected chi connectivity index (χ1v) is 10.7. The molecule has 6 nitrogen and oxygen atoms in total. The fourth-order valence-corrected chi connectivity index (χ4v) is 4.31. The van der Waals surface area contributed by atoms with E-state index in [4.69, 9.17) is 4.74 Å². The van der Waals surface area contributed by atoms with Crippen LogP contribution in [0.1, 0.15) is 45.4 Å². The highest BCUT2D eigenvalue weighted by Gasteiger charge is 2.29. The summed E-state index contributed by atoms with van der Waals surface area (Å²) in [6.07, 6.45) is 7.11. The van der Waals surface area contributed by atoms with E-state index in [2.05, 4.69) is 5.32 Å². The third-order valence-electron chi connectivity index (χ3n) is 4.41. The van der Waals surface area contributed by atoms with Gasteiger partial charge in [-0.05, 0) is 44.0 Å². The summed E-state index contributed by atoms with van der Waals surface area (Å²) in [5.74, 6) is 0.413. The van der Waals surface area contributed by atoms with E-state index in [9.17, 15) is 13.2 Å². The van der Waals surface area contributed by atoms with Crippen molar-refractivity contribution >= 4 is 21.6 Å². The van der Waals surface area contributed by atoms with Crippen LogP contribution in [0.2, 0.25) is 0 Å². The molecule has 1 N–H and O–H groups in total. The van der Waals surface area contributed by atoms with Gasteiger partial charge >= 0.3 is 0 Å².